The van der Waals surface area contributed by atoms with Gasteiger partial charge in [-0.2, -0.15) is 0 Å². The van der Waals surface area contributed by atoms with E-state index >= 15 is 0 Å². The molecule has 2 aliphatic rings. The van der Waals surface area contributed by atoms with Gasteiger partial charge in [-0.05, 0) is 81.8 Å². The van der Waals surface area contributed by atoms with Crippen molar-refractivity contribution < 1.29 is 110 Å². The summed E-state index contributed by atoms with van der Waals surface area (Å²) in [6.07, 6.45) is -0.0674. The van der Waals surface area contributed by atoms with Crippen LogP contribution < -0.4 is 86.1 Å². The molecule has 0 spiro atoms. The van der Waals surface area contributed by atoms with Gasteiger partial charge in [-0.25, -0.2) is 28.7 Å². The van der Waals surface area contributed by atoms with Crippen LogP contribution in [-0.2, 0) is 112 Å². The van der Waals surface area contributed by atoms with E-state index in [1.165, 1.54) is 15.8 Å². The quantitative estimate of drug-likeness (QED) is 0.0144. The zero-order valence-electron chi connectivity index (χ0n) is 67.8. The van der Waals surface area contributed by atoms with Crippen LogP contribution in [0.1, 0.15) is 126 Å². The van der Waals surface area contributed by atoms with Crippen LogP contribution in [0.25, 0.3) is 0 Å². The average Bonchev–Trinajstić information content (AvgIpc) is 1.64. The first-order valence-corrected chi connectivity index (χ1v) is 39.8. The molecule has 46 nitrogen and oxygen atoms in total. The number of urea groups is 2. The fraction of sp³-hybridized carbons (Fsp3) is 0.573. The van der Waals surface area contributed by atoms with Crippen LogP contribution in [0.3, 0.4) is 0 Å². The van der Waals surface area contributed by atoms with Gasteiger partial charge in [0.1, 0.15) is 55.2 Å². The minimum Gasteiger partial charge on any atom is -0.481 e. The number of amides is 15. The summed E-state index contributed by atoms with van der Waals surface area (Å²) in [5.74, 6) is -13.1. The number of aromatic nitrogens is 3. The van der Waals surface area contributed by atoms with Crippen molar-refractivity contribution in [2.75, 3.05) is 105 Å². The molecule has 0 aliphatic carbocycles. The molecule has 2 aliphatic heterocycles. The number of ether oxygens (including phenoxy) is 4. The standard InChI is InChI=1S/C75H113FN24O22/c76-42-51-47-98(96-93-51)48-52(101)18-13-32-119-34-36-121-38-39-122-37-35-120-33-25-63(106)97(30-23-59(102)81-26-9-7-19-55-68(113)89-53(21-11-28-83-72(77)78)66(111)85-43-61(104)87-57(40-64(107)108)70(115)94-99(74(117)91-55)45-49-14-3-1-4-15-49)31-24-60(103)82-27-10-8-20-56-69(114)90-54(22-12-29-84-73(79)80)67(112)86-44-62(105)88-58(41-65(109)110)71(116)95-100(75(118)92-56)46-50-16-5-2-6-17-50/h1-6,14-17,47,53-58H,7-13,18-46,48H2,(H,81,102)(H,82,103)(H,85,111)(H,86,112)(H,87,104)(H,88,105)(H,89,113)(H,90,114)(H,91,117)(H,92,118)(H,94,115)(H,95,116)(H,107,108)(H,109,110)(H4,77,78,83)(H4,79,80,84)/t53-,54-,55-,56-,57-,58-/m0/s1/i76-1. The highest BCUT2D eigenvalue weighted by Crippen LogP contribution is 2.14. The number of carboxylic acids is 2. The number of nitrogens with zero attached hydrogens (tertiary/aromatic N) is 6. The van der Waals surface area contributed by atoms with Crippen LogP contribution in [0.5, 0.6) is 0 Å². The van der Waals surface area contributed by atoms with Gasteiger partial charge >= 0.3 is 24.0 Å². The molecule has 672 valence electrons. The highest BCUT2D eigenvalue weighted by Gasteiger charge is 2.35. The Morgan fingerprint density at radius 3 is 1.29 bits per heavy atom. The van der Waals surface area contributed by atoms with E-state index in [9.17, 15) is 91.3 Å². The van der Waals surface area contributed by atoms with Crippen molar-refractivity contribution in [1.82, 2.24) is 105 Å². The van der Waals surface area contributed by atoms with E-state index in [0.29, 0.717) is 24.2 Å². The number of benzene rings is 2. The molecular formula is C75H113FN24O22. The molecular weight excluding hydrogens is 1610 g/mol. The van der Waals surface area contributed by atoms with Crippen molar-refractivity contribution in [1.29, 1.82) is 10.8 Å². The van der Waals surface area contributed by atoms with Crippen LogP contribution in [0.15, 0.2) is 66.9 Å². The minimum atomic E-state index is -1.75. The van der Waals surface area contributed by atoms with Gasteiger partial charge < -0.3 is 109 Å². The molecule has 22 N–H and O–H groups in total. The number of unbranched alkanes of at least 4 members (excludes halogenated alkanes) is 2. The van der Waals surface area contributed by atoms with Gasteiger partial charge in [0, 0.05) is 65.1 Å². The van der Waals surface area contributed by atoms with E-state index < -0.39 is 158 Å². The number of ketones is 1. The van der Waals surface area contributed by atoms with Gasteiger partial charge in [0.25, 0.3) is 11.8 Å². The first-order valence-electron chi connectivity index (χ1n) is 39.8. The highest BCUT2D eigenvalue weighted by atomic mass is 18.2. The van der Waals surface area contributed by atoms with E-state index in [-0.39, 0.29) is 218 Å². The highest BCUT2D eigenvalue weighted by molar-refractivity contribution is 5.98. The Balaban J connectivity index is 1.23. The number of carboxylic acid groups (broad SMARTS) is 2. The van der Waals surface area contributed by atoms with Gasteiger partial charge in [-0.15, -0.1) is 5.10 Å². The number of Topliss-reactive ketones (excluding diaryl/α,β-unsaturated/α-hetero) is 1. The smallest absolute Gasteiger partial charge is 0.337 e. The third kappa shape index (κ3) is 41.7. The Morgan fingerprint density at radius 1 is 0.475 bits per heavy atom. The number of hydrogen-bond acceptors (Lipinski definition) is 24. The molecule has 1 aromatic heterocycles. The Kier molecular flexibility index (Phi) is 46.3. The zero-order valence-corrected chi connectivity index (χ0v) is 67.8. The molecule has 0 radical (unpaired) electrons. The molecule has 47 heteroatoms. The molecule has 3 aromatic rings. The molecule has 2 saturated heterocycles. The van der Waals surface area contributed by atoms with Crippen molar-refractivity contribution in [3.8, 4) is 0 Å². The largest absolute Gasteiger partial charge is 0.481 e. The second-order valence-corrected chi connectivity index (χ2v) is 28.0. The summed E-state index contributed by atoms with van der Waals surface area (Å²) in [6.45, 7) is -1.82. The Labute approximate surface area is 701 Å². The Hall–Kier alpha value is -12.8. The lowest BCUT2D eigenvalue weighted by Crippen LogP contribution is -2.59. The van der Waals surface area contributed by atoms with Crippen molar-refractivity contribution in [2.24, 2.45) is 11.5 Å². The number of aliphatic carboxylic acids is 2. The van der Waals surface area contributed by atoms with E-state index in [0.717, 1.165) is 10.0 Å². The third-order valence-corrected chi connectivity index (χ3v) is 18.2. The van der Waals surface area contributed by atoms with Gasteiger partial charge in [-0.1, -0.05) is 65.9 Å². The second-order valence-electron chi connectivity index (χ2n) is 28.0. The molecule has 2 fully saturated rings. The van der Waals surface area contributed by atoms with Crippen LogP contribution in [0, 0.1) is 10.8 Å². The number of carbonyl (C=O) groups excluding carboxylic acids is 14. The second kappa shape index (κ2) is 56.6. The summed E-state index contributed by atoms with van der Waals surface area (Å²) in [6, 6.07) is 5.29. The van der Waals surface area contributed by atoms with Gasteiger partial charge in [0.15, 0.2) is 17.7 Å². The van der Waals surface area contributed by atoms with Gasteiger partial charge in [-0.3, -0.25) is 88.8 Å². The van der Waals surface area contributed by atoms with E-state index in [4.69, 9.17) is 41.2 Å². The SMILES string of the molecule is N=C(N)NCCC[C@@H]1NC(=O)[C@H](CCCCNC(=O)CCN(CCC(=O)NCCCC[C@@H]2NC(=O)N(Cc3ccccc3)NC(=O)[C@H](CC(=O)O)NC(=O)CNC(=O)[C@H](CCCNC(=N)N)NC2=O)C(=O)CCOCCOCCOCCOCCCC(=O)Cn2cc(C[18F])nn2)NC(=O)N(Cc2ccccc2)NC(=O)[C@H](CC(=O)O)NC(=O)CNC1=O. The molecule has 0 saturated carbocycles. The Morgan fingerprint density at radius 2 is 0.877 bits per heavy atom. The fourth-order valence-electron chi connectivity index (χ4n) is 11.9. The van der Waals surface area contributed by atoms with Gasteiger partial charge in [0.05, 0.1) is 97.9 Å². The number of hydrazine groups is 2. The number of carbonyl (C=O) groups is 16. The maximum Gasteiger partial charge on any atom is 0.337 e. The van der Waals surface area contributed by atoms with Crippen LogP contribution in [0.4, 0.5) is 14.0 Å². The maximum atomic E-state index is 14.3. The number of guanidine groups is 2. The first kappa shape index (κ1) is 99.8. The summed E-state index contributed by atoms with van der Waals surface area (Å²) in [5.41, 5.74) is 16.7. The van der Waals surface area contributed by atoms with E-state index in [1.807, 2.05) is 0 Å². The van der Waals surface area contributed by atoms with E-state index in [2.05, 4.69) is 85.0 Å². The van der Waals surface area contributed by atoms with Crippen LogP contribution in [0.2, 0.25) is 0 Å². The molecule has 15 amide bonds. The zero-order chi connectivity index (χ0) is 89.0. The Bertz CT molecular complexity index is 3750. The summed E-state index contributed by atoms with van der Waals surface area (Å²) < 4.78 is 36.4. The summed E-state index contributed by atoms with van der Waals surface area (Å²) >= 11 is 0. The normalized spacial score (nSPS) is 17.8. The van der Waals surface area contributed by atoms with Crippen LogP contribution in [-0.4, -0.2) is 288 Å². The van der Waals surface area contributed by atoms with Gasteiger partial charge in [0.2, 0.25) is 53.2 Å². The maximum absolute atomic E-state index is 14.3. The summed E-state index contributed by atoms with van der Waals surface area (Å²) in [4.78, 5) is 216. The first-order chi connectivity index (χ1) is 58.5. The molecule has 6 atom stereocenters. The lowest BCUT2D eigenvalue weighted by atomic mass is 10.1. The van der Waals surface area contributed by atoms with Crippen molar-refractivity contribution >= 4 is 107 Å². The minimum absolute atomic E-state index is 0.00635. The lowest BCUT2D eigenvalue weighted by Gasteiger charge is -2.28. The van der Waals surface area contributed by atoms with Crippen molar-refractivity contribution in [2.45, 2.75) is 172 Å². The molecule has 5 rings (SSSR count). The lowest BCUT2D eigenvalue weighted by molar-refractivity contribution is -0.142. The topological polar surface area (TPSA) is 659 Å². The van der Waals surface area contributed by atoms with Crippen LogP contribution >= 0.6 is 0 Å². The molecule has 2 aromatic carbocycles. The number of alkyl halides is 1. The summed E-state index contributed by atoms with van der Waals surface area (Å²) in [7, 11) is 0. The van der Waals surface area contributed by atoms with E-state index in [1.54, 1.807) is 60.7 Å². The number of nitrogens with two attached hydrogens (primary N) is 2. The monoisotopic (exact) mass is 1720 g/mol. The third-order valence-electron chi connectivity index (χ3n) is 18.2. The number of rotatable bonds is 51. The molecule has 3 heterocycles. The number of nitrogens with one attached hydrogen (secondary N) is 16. The number of hydrogen-bond donors (Lipinski definition) is 20. The van der Waals surface area contributed by atoms with Crippen molar-refractivity contribution in [3.63, 3.8) is 0 Å². The van der Waals surface area contributed by atoms with Crippen molar-refractivity contribution in [3.05, 3.63) is 83.7 Å². The predicted molar refractivity (Wildman–Crippen MR) is 428 cm³/mol. The molecule has 0 bridgehead atoms. The number of halogens is 1. The molecule has 122 heavy (non-hydrogen) atoms. The predicted octanol–water partition coefficient (Wildman–Crippen LogP) is -4.37. The summed E-state index contributed by atoms with van der Waals surface area (Å²) in [5, 5.41) is 73.7. The average molecular weight is 1720 g/mol. The molecule has 0 unspecified atom stereocenters. The fourth-order valence-corrected chi connectivity index (χ4v) is 11.9.